The van der Waals surface area contributed by atoms with E-state index in [1.54, 1.807) is 48.5 Å². The molecule has 1 heterocycles. The predicted octanol–water partition coefficient (Wildman–Crippen LogP) is 2.97. The van der Waals surface area contributed by atoms with Crippen molar-refractivity contribution in [3.63, 3.8) is 0 Å². The minimum Gasteiger partial charge on any atom is -0.338 e. The third kappa shape index (κ3) is 6.59. The van der Waals surface area contributed by atoms with Crippen molar-refractivity contribution < 1.29 is 13.2 Å². The number of nitrogens with zero attached hydrogens (tertiary/aromatic N) is 3. The minimum atomic E-state index is -3.31. The maximum absolute atomic E-state index is 12.4. The van der Waals surface area contributed by atoms with Gasteiger partial charge in [-0.15, -0.1) is 0 Å². The molecule has 0 radical (unpaired) electrons. The van der Waals surface area contributed by atoms with Gasteiger partial charge >= 0.3 is 0 Å². The first-order valence-electron chi connectivity index (χ1n) is 9.35. The molecule has 0 bridgehead atoms. The third-order valence-electron chi connectivity index (χ3n) is 4.30. The van der Waals surface area contributed by atoms with Gasteiger partial charge in [-0.1, -0.05) is 42.5 Å². The highest BCUT2D eigenvalue weighted by molar-refractivity contribution is 7.92. The molecular formula is C22H24N4O3S. The number of nitrogens with one attached hydrogen (secondary N) is 1. The van der Waals surface area contributed by atoms with Crippen molar-refractivity contribution >= 4 is 27.7 Å². The number of hydrogen-bond acceptors (Lipinski definition) is 4. The van der Waals surface area contributed by atoms with Crippen molar-refractivity contribution in [2.45, 2.75) is 13.1 Å². The number of amides is 1. The number of likely N-dealkylation sites (N-methyl/N-ethyl adjacent to an activating group) is 1. The second-order valence-electron chi connectivity index (χ2n) is 7.06. The summed E-state index contributed by atoms with van der Waals surface area (Å²) >= 11 is 0. The zero-order chi connectivity index (χ0) is 21.6. The van der Waals surface area contributed by atoms with Crippen LogP contribution in [0.2, 0.25) is 0 Å². The van der Waals surface area contributed by atoms with E-state index in [1.807, 2.05) is 41.2 Å². The highest BCUT2D eigenvalue weighted by Gasteiger charge is 2.08. The molecule has 7 nitrogen and oxygen atoms in total. The Bertz CT molecular complexity index is 1120. The Morgan fingerprint density at radius 2 is 1.80 bits per heavy atom. The summed E-state index contributed by atoms with van der Waals surface area (Å²) in [6.07, 6.45) is 7.99. The zero-order valence-corrected chi connectivity index (χ0v) is 17.7. The number of anilines is 1. The lowest BCUT2D eigenvalue weighted by molar-refractivity contribution is -0.125. The average Bonchev–Trinajstić information content (AvgIpc) is 3.13. The molecule has 1 aromatic heterocycles. The molecule has 0 aliphatic heterocycles. The molecule has 0 saturated heterocycles. The van der Waals surface area contributed by atoms with Crippen LogP contribution in [0.1, 0.15) is 16.7 Å². The molecule has 1 amide bonds. The molecule has 0 atom stereocenters. The maximum Gasteiger partial charge on any atom is 0.246 e. The molecule has 8 heteroatoms. The van der Waals surface area contributed by atoms with Crippen molar-refractivity contribution in [3.8, 4) is 0 Å². The van der Waals surface area contributed by atoms with Crippen LogP contribution in [0, 0.1) is 0 Å². The molecule has 0 fully saturated rings. The van der Waals surface area contributed by atoms with Gasteiger partial charge in [0.2, 0.25) is 15.9 Å². The van der Waals surface area contributed by atoms with Gasteiger partial charge in [-0.3, -0.25) is 14.2 Å². The minimum absolute atomic E-state index is 0.135. The van der Waals surface area contributed by atoms with Gasteiger partial charge in [0.15, 0.2) is 0 Å². The van der Waals surface area contributed by atoms with Gasteiger partial charge in [0.25, 0.3) is 0 Å². The Morgan fingerprint density at radius 3 is 2.47 bits per heavy atom. The first-order valence-corrected chi connectivity index (χ1v) is 11.2. The second kappa shape index (κ2) is 9.41. The Kier molecular flexibility index (Phi) is 6.68. The molecule has 0 unspecified atom stereocenters. The molecule has 156 valence electrons. The van der Waals surface area contributed by atoms with E-state index in [9.17, 15) is 13.2 Å². The quantitative estimate of drug-likeness (QED) is 0.564. The van der Waals surface area contributed by atoms with Crippen molar-refractivity contribution in [1.82, 2.24) is 14.7 Å². The van der Waals surface area contributed by atoms with Crippen molar-refractivity contribution in [2.75, 3.05) is 18.0 Å². The van der Waals surface area contributed by atoms with Crippen LogP contribution in [0.3, 0.4) is 0 Å². The molecule has 3 rings (SSSR count). The lowest BCUT2D eigenvalue weighted by Crippen LogP contribution is -2.23. The van der Waals surface area contributed by atoms with Crippen LogP contribution in [0.25, 0.3) is 6.08 Å². The fourth-order valence-electron chi connectivity index (χ4n) is 2.87. The van der Waals surface area contributed by atoms with Gasteiger partial charge in [0.05, 0.1) is 19.0 Å². The van der Waals surface area contributed by atoms with Crippen LogP contribution in [-0.4, -0.2) is 42.3 Å². The first kappa shape index (κ1) is 21.3. The van der Waals surface area contributed by atoms with Crippen molar-refractivity contribution in [1.29, 1.82) is 0 Å². The molecule has 0 spiro atoms. The lowest BCUT2D eigenvalue weighted by Gasteiger charge is -2.13. The summed E-state index contributed by atoms with van der Waals surface area (Å²) in [6, 6.07) is 16.8. The monoisotopic (exact) mass is 424 g/mol. The highest BCUT2D eigenvalue weighted by Crippen LogP contribution is 2.12. The fourth-order valence-corrected chi connectivity index (χ4v) is 3.43. The van der Waals surface area contributed by atoms with E-state index in [4.69, 9.17) is 0 Å². The fraction of sp³-hybridized carbons (Fsp3) is 0.182. The molecule has 30 heavy (non-hydrogen) atoms. The van der Waals surface area contributed by atoms with Crippen molar-refractivity contribution in [2.24, 2.45) is 0 Å². The first-order chi connectivity index (χ1) is 14.3. The summed E-state index contributed by atoms with van der Waals surface area (Å²) < 4.78 is 26.7. The topological polar surface area (TPSA) is 84.3 Å². The average molecular weight is 425 g/mol. The summed E-state index contributed by atoms with van der Waals surface area (Å²) in [5.41, 5.74) is 3.39. The Morgan fingerprint density at radius 1 is 1.10 bits per heavy atom. The number of aromatic nitrogens is 2. The van der Waals surface area contributed by atoms with E-state index in [0.29, 0.717) is 18.8 Å². The normalized spacial score (nSPS) is 11.5. The summed E-state index contributed by atoms with van der Waals surface area (Å²) in [5.74, 6) is -0.135. The van der Waals surface area contributed by atoms with E-state index in [2.05, 4.69) is 9.82 Å². The van der Waals surface area contributed by atoms with Crippen LogP contribution >= 0.6 is 0 Å². The number of hydrogen-bond donors (Lipinski definition) is 1. The SMILES string of the molecule is CN(Cc1cnn(Cc2ccccc2)c1)C(=O)/C=C/c1ccc(NS(C)(=O)=O)cc1. The van der Waals surface area contributed by atoms with Gasteiger partial charge in [-0.25, -0.2) is 8.42 Å². The molecule has 1 N–H and O–H groups in total. The Hall–Kier alpha value is -3.39. The van der Waals surface area contributed by atoms with Gasteiger partial charge in [-0.05, 0) is 29.3 Å². The second-order valence-corrected chi connectivity index (χ2v) is 8.80. The molecule has 3 aromatic rings. The maximum atomic E-state index is 12.4. The zero-order valence-electron chi connectivity index (χ0n) is 16.9. The summed E-state index contributed by atoms with van der Waals surface area (Å²) in [6.45, 7) is 1.14. The highest BCUT2D eigenvalue weighted by atomic mass is 32.2. The summed E-state index contributed by atoms with van der Waals surface area (Å²) in [5, 5.41) is 4.36. The Balaban J connectivity index is 1.54. The Labute approximate surface area is 176 Å². The number of carbonyl (C=O) groups excluding carboxylic acids is 1. The van der Waals surface area contributed by atoms with Crippen LogP contribution < -0.4 is 4.72 Å². The van der Waals surface area contributed by atoms with Gasteiger partial charge in [-0.2, -0.15) is 5.10 Å². The predicted molar refractivity (Wildman–Crippen MR) is 118 cm³/mol. The van der Waals surface area contributed by atoms with Crippen LogP contribution in [0.5, 0.6) is 0 Å². The van der Waals surface area contributed by atoms with Crippen LogP contribution in [0.4, 0.5) is 5.69 Å². The number of sulfonamides is 1. The molecule has 0 aliphatic rings. The van der Waals surface area contributed by atoms with Crippen LogP contribution in [-0.2, 0) is 27.9 Å². The summed E-state index contributed by atoms with van der Waals surface area (Å²) in [7, 11) is -1.57. The third-order valence-corrected chi connectivity index (χ3v) is 4.91. The van der Waals surface area contributed by atoms with E-state index < -0.39 is 10.0 Å². The molecule has 0 saturated carbocycles. The van der Waals surface area contributed by atoms with Gasteiger partial charge in [0, 0.05) is 37.1 Å². The molecular weight excluding hydrogens is 400 g/mol. The van der Waals surface area contributed by atoms with E-state index in [-0.39, 0.29) is 5.91 Å². The number of rotatable bonds is 8. The van der Waals surface area contributed by atoms with E-state index >= 15 is 0 Å². The molecule has 2 aromatic carbocycles. The van der Waals surface area contributed by atoms with Gasteiger partial charge in [0.1, 0.15) is 0 Å². The number of benzene rings is 2. The largest absolute Gasteiger partial charge is 0.338 e. The standard InChI is InChI=1S/C22H24N4O3S/c1-25(15-20-14-23-26(17-20)16-19-6-4-3-5-7-19)22(27)13-10-18-8-11-21(12-9-18)24-30(2,28)29/h3-14,17,24H,15-16H2,1-2H3/b13-10+. The van der Waals surface area contributed by atoms with Gasteiger partial charge < -0.3 is 4.90 Å². The summed E-state index contributed by atoms with van der Waals surface area (Å²) in [4.78, 5) is 14.0. The van der Waals surface area contributed by atoms with Crippen molar-refractivity contribution in [3.05, 3.63) is 89.8 Å². The molecule has 0 aliphatic carbocycles. The van der Waals surface area contributed by atoms with E-state index in [0.717, 1.165) is 22.9 Å². The van der Waals surface area contributed by atoms with E-state index in [1.165, 1.54) is 6.08 Å². The lowest BCUT2D eigenvalue weighted by atomic mass is 10.2. The smallest absolute Gasteiger partial charge is 0.246 e. The number of carbonyl (C=O) groups is 1. The van der Waals surface area contributed by atoms with Crippen LogP contribution in [0.15, 0.2) is 73.1 Å².